The molecule has 3 heteroatoms. The second kappa shape index (κ2) is 7.08. The normalized spacial score (nSPS) is 24.6. The zero-order chi connectivity index (χ0) is 15.4. The van der Waals surface area contributed by atoms with Gasteiger partial charge in [-0.05, 0) is 31.6 Å². The number of hydrogen-bond donors (Lipinski definition) is 0. The highest BCUT2D eigenvalue weighted by Crippen LogP contribution is 2.35. The summed E-state index contributed by atoms with van der Waals surface area (Å²) in [6.07, 6.45) is 8.08. The molecule has 0 aromatic heterocycles. The van der Waals surface area contributed by atoms with E-state index in [1.54, 1.807) is 0 Å². The van der Waals surface area contributed by atoms with Crippen molar-refractivity contribution in [3.05, 3.63) is 35.9 Å². The van der Waals surface area contributed by atoms with Gasteiger partial charge in [-0.15, -0.1) is 0 Å². The number of fused-ring (bicyclic) bond motifs is 1. The van der Waals surface area contributed by atoms with E-state index >= 15 is 0 Å². The van der Waals surface area contributed by atoms with Gasteiger partial charge in [0.05, 0.1) is 0 Å². The summed E-state index contributed by atoms with van der Waals surface area (Å²) >= 11 is 0. The van der Waals surface area contributed by atoms with E-state index in [0.717, 1.165) is 19.4 Å². The maximum Gasteiger partial charge on any atom is 0.223 e. The van der Waals surface area contributed by atoms with Crippen LogP contribution in [0.3, 0.4) is 0 Å². The smallest absolute Gasteiger partial charge is 0.223 e. The van der Waals surface area contributed by atoms with E-state index in [-0.39, 0.29) is 11.7 Å². The maximum atomic E-state index is 12.6. The van der Waals surface area contributed by atoms with E-state index in [0.29, 0.717) is 30.4 Å². The lowest BCUT2D eigenvalue weighted by Crippen LogP contribution is -2.49. The molecule has 1 heterocycles. The van der Waals surface area contributed by atoms with Gasteiger partial charge in [0, 0.05) is 31.0 Å². The third-order valence-electron chi connectivity index (χ3n) is 5.23. The second-order valence-corrected chi connectivity index (χ2v) is 6.63. The van der Waals surface area contributed by atoms with Crippen LogP contribution in [0, 0.1) is 5.92 Å². The first-order chi connectivity index (χ1) is 10.8. The standard InChI is InChI=1S/C19H25NO2/c21-18(16-8-2-1-3-9-16)12-13-19(22)20-14-6-10-15-7-4-5-11-17(15)20/h1-3,8-9,15,17H,4-7,10-14H2. The molecular formula is C19H25NO2. The number of Topliss-reactive ketones (excluding diaryl/α,β-unsaturated/α-hetero) is 1. The van der Waals surface area contributed by atoms with Crippen molar-refractivity contribution >= 4 is 11.7 Å². The Hall–Kier alpha value is -1.64. The number of amides is 1. The largest absolute Gasteiger partial charge is 0.339 e. The molecule has 1 aromatic carbocycles. The zero-order valence-electron chi connectivity index (χ0n) is 13.2. The molecule has 0 bridgehead atoms. The first-order valence-electron chi connectivity index (χ1n) is 8.63. The van der Waals surface area contributed by atoms with Crippen LogP contribution in [0.25, 0.3) is 0 Å². The fourth-order valence-electron chi connectivity index (χ4n) is 4.07. The predicted octanol–water partition coefficient (Wildman–Crippen LogP) is 3.83. The van der Waals surface area contributed by atoms with Gasteiger partial charge in [-0.2, -0.15) is 0 Å². The van der Waals surface area contributed by atoms with Crippen molar-refractivity contribution in [3.8, 4) is 0 Å². The SMILES string of the molecule is O=C(CCC(=O)N1CCCC2CCCCC21)c1ccccc1. The molecule has 2 fully saturated rings. The van der Waals surface area contributed by atoms with Crippen LogP contribution in [-0.4, -0.2) is 29.2 Å². The molecule has 0 N–H and O–H groups in total. The molecule has 2 atom stereocenters. The van der Waals surface area contributed by atoms with Crippen molar-refractivity contribution < 1.29 is 9.59 Å². The molecule has 1 aliphatic carbocycles. The molecule has 1 saturated heterocycles. The number of carbonyl (C=O) groups is 2. The van der Waals surface area contributed by atoms with Gasteiger partial charge in [-0.3, -0.25) is 9.59 Å². The van der Waals surface area contributed by atoms with E-state index < -0.39 is 0 Å². The first kappa shape index (κ1) is 15.3. The van der Waals surface area contributed by atoms with Gasteiger partial charge in [0.2, 0.25) is 5.91 Å². The van der Waals surface area contributed by atoms with Crippen molar-refractivity contribution in [3.63, 3.8) is 0 Å². The number of ketones is 1. The number of likely N-dealkylation sites (tertiary alicyclic amines) is 1. The van der Waals surface area contributed by atoms with Gasteiger partial charge in [0.25, 0.3) is 0 Å². The quantitative estimate of drug-likeness (QED) is 0.792. The number of rotatable bonds is 4. The topological polar surface area (TPSA) is 37.4 Å². The Bertz CT molecular complexity index is 523. The molecule has 0 spiro atoms. The van der Waals surface area contributed by atoms with Crippen molar-refractivity contribution in [2.75, 3.05) is 6.54 Å². The molecule has 1 aromatic rings. The van der Waals surface area contributed by atoms with Crippen LogP contribution in [0.4, 0.5) is 0 Å². The highest BCUT2D eigenvalue weighted by Gasteiger charge is 2.35. The van der Waals surface area contributed by atoms with E-state index in [2.05, 4.69) is 4.90 Å². The van der Waals surface area contributed by atoms with Crippen molar-refractivity contribution in [1.82, 2.24) is 4.90 Å². The summed E-state index contributed by atoms with van der Waals surface area (Å²) in [6, 6.07) is 9.73. The lowest BCUT2D eigenvalue weighted by Gasteiger charge is -2.44. The summed E-state index contributed by atoms with van der Waals surface area (Å²) in [7, 11) is 0. The molecule has 118 valence electrons. The summed E-state index contributed by atoms with van der Waals surface area (Å²) in [5, 5.41) is 0. The Balaban J connectivity index is 1.56. The Morgan fingerprint density at radius 3 is 2.50 bits per heavy atom. The van der Waals surface area contributed by atoms with E-state index in [1.165, 1.54) is 25.7 Å². The lowest BCUT2D eigenvalue weighted by atomic mass is 9.78. The molecule has 22 heavy (non-hydrogen) atoms. The number of hydrogen-bond acceptors (Lipinski definition) is 2. The van der Waals surface area contributed by atoms with Crippen LogP contribution in [0.15, 0.2) is 30.3 Å². The second-order valence-electron chi connectivity index (χ2n) is 6.63. The van der Waals surface area contributed by atoms with E-state index in [1.807, 2.05) is 30.3 Å². The minimum absolute atomic E-state index is 0.0751. The van der Waals surface area contributed by atoms with Crippen LogP contribution < -0.4 is 0 Å². The van der Waals surface area contributed by atoms with Crippen molar-refractivity contribution in [1.29, 1.82) is 0 Å². The summed E-state index contributed by atoms with van der Waals surface area (Å²) in [4.78, 5) is 26.8. The van der Waals surface area contributed by atoms with Gasteiger partial charge in [-0.25, -0.2) is 0 Å². The predicted molar refractivity (Wildman–Crippen MR) is 86.7 cm³/mol. The van der Waals surface area contributed by atoms with Crippen molar-refractivity contribution in [2.45, 2.75) is 57.4 Å². The van der Waals surface area contributed by atoms with Gasteiger partial charge in [0.15, 0.2) is 5.78 Å². The molecule has 2 unspecified atom stereocenters. The highest BCUT2D eigenvalue weighted by atomic mass is 16.2. The fourth-order valence-corrected chi connectivity index (χ4v) is 4.07. The molecule has 0 radical (unpaired) electrons. The van der Waals surface area contributed by atoms with Crippen LogP contribution in [0.2, 0.25) is 0 Å². The summed E-state index contributed by atoms with van der Waals surface area (Å²) < 4.78 is 0. The summed E-state index contributed by atoms with van der Waals surface area (Å²) in [6.45, 7) is 0.888. The van der Waals surface area contributed by atoms with Gasteiger partial charge >= 0.3 is 0 Å². The van der Waals surface area contributed by atoms with Crippen LogP contribution >= 0.6 is 0 Å². The minimum Gasteiger partial charge on any atom is -0.339 e. The van der Waals surface area contributed by atoms with Crippen LogP contribution in [0.5, 0.6) is 0 Å². The molecule has 3 nitrogen and oxygen atoms in total. The number of nitrogens with zero attached hydrogens (tertiary/aromatic N) is 1. The third-order valence-corrected chi connectivity index (χ3v) is 5.23. The van der Waals surface area contributed by atoms with Gasteiger partial charge in [-0.1, -0.05) is 43.2 Å². The monoisotopic (exact) mass is 299 g/mol. The Morgan fingerprint density at radius 1 is 0.955 bits per heavy atom. The van der Waals surface area contributed by atoms with E-state index in [4.69, 9.17) is 0 Å². The zero-order valence-corrected chi connectivity index (χ0v) is 13.2. The number of piperidine rings is 1. The highest BCUT2D eigenvalue weighted by molar-refractivity contribution is 5.97. The summed E-state index contributed by atoms with van der Waals surface area (Å²) in [5.74, 6) is 0.961. The molecule has 2 aliphatic rings. The first-order valence-corrected chi connectivity index (χ1v) is 8.63. The van der Waals surface area contributed by atoms with Crippen molar-refractivity contribution in [2.24, 2.45) is 5.92 Å². The van der Waals surface area contributed by atoms with Crippen LogP contribution in [-0.2, 0) is 4.79 Å². The molecule has 1 amide bonds. The van der Waals surface area contributed by atoms with Gasteiger partial charge in [0.1, 0.15) is 0 Å². The van der Waals surface area contributed by atoms with Gasteiger partial charge < -0.3 is 4.90 Å². The van der Waals surface area contributed by atoms with Crippen LogP contribution in [0.1, 0.15) is 61.7 Å². The minimum atomic E-state index is 0.0751. The molecule has 3 rings (SSSR count). The lowest BCUT2D eigenvalue weighted by molar-refractivity contribution is -0.137. The third kappa shape index (κ3) is 3.40. The average molecular weight is 299 g/mol. The molecule has 1 saturated carbocycles. The van der Waals surface area contributed by atoms with E-state index in [9.17, 15) is 9.59 Å². The Labute approximate surface area is 132 Å². The number of carbonyl (C=O) groups excluding carboxylic acids is 2. The Kier molecular flexibility index (Phi) is 4.91. The maximum absolute atomic E-state index is 12.6. The summed E-state index contributed by atoms with van der Waals surface area (Å²) in [5.41, 5.74) is 0.712. The molecule has 1 aliphatic heterocycles. The Morgan fingerprint density at radius 2 is 1.68 bits per heavy atom. The number of benzene rings is 1. The average Bonchev–Trinajstić information content (AvgIpc) is 2.59. The fraction of sp³-hybridized carbons (Fsp3) is 0.579. The molecular weight excluding hydrogens is 274 g/mol.